The van der Waals surface area contributed by atoms with Gasteiger partial charge in [-0.3, -0.25) is 4.79 Å². The van der Waals surface area contributed by atoms with Crippen molar-refractivity contribution in [1.82, 2.24) is 20.6 Å². The Labute approximate surface area is 115 Å². The van der Waals surface area contributed by atoms with Crippen molar-refractivity contribution >= 4 is 11.9 Å². The third-order valence-electron chi connectivity index (χ3n) is 3.16. The van der Waals surface area contributed by atoms with Crippen molar-refractivity contribution in [3.05, 3.63) is 18.2 Å². The lowest BCUT2D eigenvalue weighted by molar-refractivity contribution is -0.145. The molecule has 20 heavy (non-hydrogen) atoms. The van der Waals surface area contributed by atoms with E-state index in [0.29, 0.717) is 18.8 Å². The lowest BCUT2D eigenvalue weighted by Gasteiger charge is -2.38. The van der Waals surface area contributed by atoms with Gasteiger partial charge in [0.15, 0.2) is 0 Å². The van der Waals surface area contributed by atoms with Crippen molar-refractivity contribution in [1.29, 1.82) is 0 Å². The molecule has 110 valence electrons. The maximum Gasteiger partial charge on any atom is 0.326 e. The van der Waals surface area contributed by atoms with Crippen LogP contribution in [0.2, 0.25) is 0 Å². The molecular weight excluding hydrogens is 264 g/mol. The molecule has 1 aliphatic rings. The fourth-order valence-corrected chi connectivity index (χ4v) is 1.87. The molecule has 2 rings (SSSR count). The third-order valence-corrected chi connectivity index (χ3v) is 3.16. The molecule has 0 bridgehead atoms. The average molecular weight is 282 g/mol. The number of aliphatic carboxylic acids is 1. The van der Waals surface area contributed by atoms with Crippen molar-refractivity contribution in [2.24, 2.45) is 0 Å². The molecule has 1 aliphatic heterocycles. The number of carbonyl (C=O) groups is 2. The fraction of sp³-hybridized carbons (Fsp3) is 0.583. The number of aromatic nitrogens is 2. The third kappa shape index (κ3) is 3.78. The number of hydrogen-bond acceptors (Lipinski definition) is 5. The Morgan fingerprint density at radius 3 is 2.85 bits per heavy atom. The van der Waals surface area contributed by atoms with Crippen LogP contribution in [0.4, 0.5) is 0 Å². The number of carboxylic acids is 1. The van der Waals surface area contributed by atoms with Gasteiger partial charge in [-0.1, -0.05) is 0 Å². The number of H-pyrrole nitrogens is 1. The van der Waals surface area contributed by atoms with E-state index in [1.165, 1.54) is 12.5 Å². The fourth-order valence-electron chi connectivity index (χ4n) is 1.87. The number of hydrogen-bond donors (Lipinski definition) is 4. The van der Waals surface area contributed by atoms with E-state index in [1.807, 2.05) is 6.92 Å². The summed E-state index contributed by atoms with van der Waals surface area (Å²) in [5.74, 6) is -1.53. The number of ether oxygens (including phenoxy) is 1. The highest BCUT2D eigenvalue weighted by atomic mass is 16.5. The number of imidazole rings is 1. The lowest BCUT2D eigenvalue weighted by Crippen LogP contribution is -2.60. The molecule has 0 spiro atoms. The summed E-state index contributed by atoms with van der Waals surface area (Å²) < 4.78 is 5.46. The minimum Gasteiger partial charge on any atom is -0.480 e. The Bertz CT molecular complexity index is 470. The van der Waals surface area contributed by atoms with Crippen LogP contribution in [0.5, 0.6) is 0 Å². The summed E-state index contributed by atoms with van der Waals surface area (Å²) in [7, 11) is 0. The minimum atomic E-state index is -1.09. The molecule has 1 aromatic rings. The first-order valence-electron chi connectivity index (χ1n) is 6.33. The second kappa shape index (κ2) is 6.02. The monoisotopic (exact) mass is 282 g/mol. The average Bonchev–Trinajstić information content (AvgIpc) is 2.86. The second-order valence-corrected chi connectivity index (χ2v) is 5.08. The molecule has 0 unspecified atom stereocenters. The summed E-state index contributed by atoms with van der Waals surface area (Å²) in [5, 5.41) is 14.6. The highest BCUT2D eigenvalue weighted by molar-refractivity contribution is 5.84. The summed E-state index contributed by atoms with van der Waals surface area (Å²) in [4.78, 5) is 29.5. The van der Waals surface area contributed by atoms with Crippen LogP contribution in [-0.4, -0.2) is 58.3 Å². The van der Waals surface area contributed by atoms with Gasteiger partial charge in [0, 0.05) is 31.4 Å². The number of aromatic amines is 1. The van der Waals surface area contributed by atoms with E-state index in [0.717, 1.165) is 0 Å². The van der Waals surface area contributed by atoms with Crippen LogP contribution < -0.4 is 10.6 Å². The predicted molar refractivity (Wildman–Crippen MR) is 69.1 cm³/mol. The molecule has 2 heterocycles. The summed E-state index contributed by atoms with van der Waals surface area (Å²) in [6.45, 7) is 3.13. The molecule has 0 radical (unpaired) electrons. The van der Waals surface area contributed by atoms with Gasteiger partial charge >= 0.3 is 5.97 Å². The normalized spacial score (nSPS) is 18.1. The van der Waals surface area contributed by atoms with Crippen LogP contribution in [0, 0.1) is 0 Å². The van der Waals surface area contributed by atoms with E-state index in [4.69, 9.17) is 9.84 Å². The van der Waals surface area contributed by atoms with E-state index < -0.39 is 17.9 Å². The van der Waals surface area contributed by atoms with Crippen molar-refractivity contribution in [3.8, 4) is 0 Å². The zero-order valence-corrected chi connectivity index (χ0v) is 11.2. The van der Waals surface area contributed by atoms with E-state index in [-0.39, 0.29) is 18.6 Å². The summed E-state index contributed by atoms with van der Waals surface area (Å²) in [6, 6.07) is -1.00. The number of carbonyl (C=O) groups excluding carboxylic acids is 1. The molecule has 1 amide bonds. The maximum absolute atomic E-state index is 11.7. The first-order chi connectivity index (χ1) is 9.48. The van der Waals surface area contributed by atoms with Gasteiger partial charge in [-0.2, -0.15) is 0 Å². The molecule has 8 nitrogen and oxygen atoms in total. The highest BCUT2D eigenvalue weighted by Crippen LogP contribution is 2.14. The SMILES string of the molecule is CC1(OCC(=O)N[C@H](Cc2cnc[nH]2)C(=O)O)CNC1. The van der Waals surface area contributed by atoms with Gasteiger partial charge in [0.2, 0.25) is 5.91 Å². The smallest absolute Gasteiger partial charge is 0.326 e. The van der Waals surface area contributed by atoms with Crippen LogP contribution in [0.1, 0.15) is 12.6 Å². The standard InChI is InChI=1S/C12H18N4O4/c1-12(5-14-6-12)20-4-10(17)16-9(11(18)19)2-8-3-13-7-15-8/h3,7,9,14H,2,4-6H2,1H3,(H,13,15)(H,16,17)(H,18,19)/t9-/m1/s1. The maximum atomic E-state index is 11.7. The zero-order valence-electron chi connectivity index (χ0n) is 11.2. The molecular formula is C12H18N4O4. The number of nitrogens with one attached hydrogen (secondary N) is 3. The highest BCUT2D eigenvalue weighted by Gasteiger charge is 2.33. The number of amides is 1. The second-order valence-electron chi connectivity index (χ2n) is 5.08. The van der Waals surface area contributed by atoms with Crippen LogP contribution in [0.25, 0.3) is 0 Å². The molecule has 1 fully saturated rings. The van der Waals surface area contributed by atoms with Gasteiger partial charge in [0.25, 0.3) is 0 Å². The first-order valence-corrected chi connectivity index (χ1v) is 6.33. The van der Waals surface area contributed by atoms with E-state index >= 15 is 0 Å². The van der Waals surface area contributed by atoms with E-state index in [2.05, 4.69) is 20.6 Å². The van der Waals surface area contributed by atoms with Crippen LogP contribution in [-0.2, 0) is 20.7 Å². The Morgan fingerprint density at radius 2 is 2.35 bits per heavy atom. The summed E-state index contributed by atoms with van der Waals surface area (Å²) >= 11 is 0. The molecule has 4 N–H and O–H groups in total. The number of rotatable bonds is 7. The van der Waals surface area contributed by atoms with E-state index in [9.17, 15) is 9.59 Å². The minimum absolute atomic E-state index is 0.148. The quantitative estimate of drug-likeness (QED) is 0.504. The molecule has 1 atom stereocenters. The molecule has 0 aliphatic carbocycles. The van der Waals surface area contributed by atoms with Crippen molar-refractivity contribution < 1.29 is 19.4 Å². The molecule has 0 aromatic carbocycles. The van der Waals surface area contributed by atoms with E-state index in [1.54, 1.807) is 0 Å². The van der Waals surface area contributed by atoms with Crippen molar-refractivity contribution in [2.45, 2.75) is 25.0 Å². The summed E-state index contributed by atoms with van der Waals surface area (Å²) in [5.41, 5.74) is 0.313. The topological polar surface area (TPSA) is 116 Å². The van der Waals surface area contributed by atoms with Crippen LogP contribution >= 0.6 is 0 Å². The van der Waals surface area contributed by atoms with Gasteiger partial charge in [-0.25, -0.2) is 9.78 Å². The first kappa shape index (κ1) is 14.5. The Morgan fingerprint density at radius 1 is 1.60 bits per heavy atom. The van der Waals surface area contributed by atoms with Gasteiger partial charge < -0.3 is 25.5 Å². The zero-order chi connectivity index (χ0) is 14.6. The molecule has 8 heteroatoms. The van der Waals surface area contributed by atoms with Gasteiger partial charge in [-0.05, 0) is 6.92 Å². The Kier molecular flexibility index (Phi) is 4.35. The molecule has 0 saturated carbocycles. The number of carboxylic acid groups (broad SMARTS) is 1. The van der Waals surface area contributed by atoms with Gasteiger partial charge in [0.05, 0.1) is 11.9 Å². The largest absolute Gasteiger partial charge is 0.480 e. The Balaban J connectivity index is 1.81. The van der Waals surface area contributed by atoms with Gasteiger partial charge in [-0.15, -0.1) is 0 Å². The predicted octanol–water partition coefficient (Wildman–Crippen LogP) is -1.10. The van der Waals surface area contributed by atoms with Crippen molar-refractivity contribution in [3.63, 3.8) is 0 Å². The molecule has 1 aromatic heterocycles. The van der Waals surface area contributed by atoms with Crippen molar-refractivity contribution in [2.75, 3.05) is 19.7 Å². The molecule has 1 saturated heterocycles. The van der Waals surface area contributed by atoms with Crippen LogP contribution in [0.15, 0.2) is 12.5 Å². The lowest BCUT2D eigenvalue weighted by atomic mass is 10.0. The summed E-state index contributed by atoms with van der Waals surface area (Å²) in [6.07, 6.45) is 3.14. The Hall–Kier alpha value is -1.93. The van der Waals surface area contributed by atoms with Crippen LogP contribution in [0.3, 0.4) is 0 Å². The van der Waals surface area contributed by atoms with Gasteiger partial charge in [0.1, 0.15) is 12.6 Å². The number of nitrogens with zero attached hydrogens (tertiary/aromatic N) is 1.